The number of carbonyl (C=O) groups is 1. The van der Waals surface area contributed by atoms with E-state index in [-0.39, 0.29) is 42.1 Å². The number of halogens is 1. The number of sulfonamides is 1. The first-order valence-corrected chi connectivity index (χ1v) is 13.2. The Morgan fingerprint density at radius 3 is 2.78 bits per heavy atom. The molecule has 1 atom stereocenters. The fraction of sp³-hybridized carbons (Fsp3) is 0.409. The van der Waals surface area contributed by atoms with Crippen molar-refractivity contribution in [1.29, 1.82) is 0 Å². The molecule has 2 aromatic carbocycles. The second-order valence-corrected chi connectivity index (χ2v) is 11.1. The summed E-state index contributed by atoms with van der Waals surface area (Å²) in [6.45, 7) is 1.29. The zero-order valence-corrected chi connectivity index (χ0v) is 20.1. The average molecular weight is 497 g/mol. The molecule has 2 aliphatic heterocycles. The van der Waals surface area contributed by atoms with Gasteiger partial charge in [0, 0.05) is 28.8 Å². The molecule has 0 saturated carbocycles. The predicted molar refractivity (Wildman–Crippen MR) is 124 cm³/mol. The van der Waals surface area contributed by atoms with E-state index in [9.17, 15) is 13.2 Å². The van der Waals surface area contributed by atoms with Crippen LogP contribution in [0.1, 0.15) is 23.6 Å². The molecule has 0 bridgehead atoms. The SMILES string of the molecule is COc1ccc(CC(=O)NC2CCSc3ccc(Cl)cc32)cc1S(=O)(=O)N1CCOCC1. The van der Waals surface area contributed by atoms with Crippen LogP contribution in [0.4, 0.5) is 0 Å². The maximum Gasteiger partial charge on any atom is 0.246 e. The Balaban J connectivity index is 1.52. The van der Waals surface area contributed by atoms with Crippen LogP contribution in [0.15, 0.2) is 46.2 Å². The predicted octanol–water partition coefficient (Wildman–Crippen LogP) is 3.27. The summed E-state index contributed by atoms with van der Waals surface area (Å²) in [5.41, 5.74) is 1.62. The summed E-state index contributed by atoms with van der Waals surface area (Å²) in [5.74, 6) is 0.991. The highest BCUT2D eigenvalue weighted by molar-refractivity contribution is 7.99. The van der Waals surface area contributed by atoms with Crippen LogP contribution in [-0.2, 0) is 26.0 Å². The Labute approximate surface area is 197 Å². The average Bonchev–Trinajstić information content (AvgIpc) is 2.80. The standard InChI is InChI=1S/C22H25ClN2O5S2/c1-29-19-4-2-15(12-21(19)32(27,28)25-7-9-30-10-8-25)13-22(26)24-18-6-11-31-20-5-3-16(23)14-17(18)20/h2-5,12,14,18H,6-11,13H2,1H3,(H,24,26). The summed E-state index contributed by atoms with van der Waals surface area (Å²) >= 11 is 7.91. The largest absolute Gasteiger partial charge is 0.495 e. The van der Waals surface area contributed by atoms with E-state index in [1.54, 1.807) is 23.9 Å². The quantitative estimate of drug-likeness (QED) is 0.660. The van der Waals surface area contributed by atoms with Crippen LogP contribution in [0.25, 0.3) is 0 Å². The molecule has 172 valence electrons. The zero-order chi connectivity index (χ0) is 22.7. The molecular weight excluding hydrogens is 472 g/mol. The second kappa shape index (κ2) is 10.0. The number of nitrogens with one attached hydrogen (secondary N) is 1. The molecule has 0 spiro atoms. The number of fused-ring (bicyclic) bond motifs is 1. The monoisotopic (exact) mass is 496 g/mol. The Morgan fingerprint density at radius 2 is 2.03 bits per heavy atom. The molecule has 1 amide bonds. The van der Waals surface area contributed by atoms with Crippen molar-refractivity contribution in [3.63, 3.8) is 0 Å². The number of thioether (sulfide) groups is 1. The van der Waals surface area contributed by atoms with Gasteiger partial charge in [0.05, 0.1) is 32.8 Å². The number of benzene rings is 2. The van der Waals surface area contributed by atoms with Gasteiger partial charge in [-0.15, -0.1) is 11.8 Å². The van der Waals surface area contributed by atoms with Gasteiger partial charge in [0.1, 0.15) is 10.6 Å². The van der Waals surface area contributed by atoms with Crippen molar-refractivity contribution in [1.82, 2.24) is 9.62 Å². The maximum absolute atomic E-state index is 13.2. The van der Waals surface area contributed by atoms with Crippen LogP contribution in [0, 0.1) is 0 Å². The van der Waals surface area contributed by atoms with Crippen LogP contribution in [0.2, 0.25) is 5.02 Å². The minimum atomic E-state index is -3.76. The van der Waals surface area contributed by atoms with E-state index in [4.69, 9.17) is 21.1 Å². The Kier molecular flexibility index (Phi) is 7.31. The van der Waals surface area contributed by atoms with E-state index in [1.165, 1.54) is 17.5 Å². The minimum Gasteiger partial charge on any atom is -0.495 e. The number of methoxy groups -OCH3 is 1. The molecule has 32 heavy (non-hydrogen) atoms. The lowest BCUT2D eigenvalue weighted by atomic mass is 10.0. The van der Waals surface area contributed by atoms with Crippen molar-refractivity contribution in [3.8, 4) is 5.75 Å². The van der Waals surface area contributed by atoms with Gasteiger partial charge in [-0.25, -0.2) is 8.42 Å². The number of hydrogen-bond donors (Lipinski definition) is 1. The summed E-state index contributed by atoms with van der Waals surface area (Å²) in [6, 6.07) is 10.5. The topological polar surface area (TPSA) is 84.9 Å². The summed E-state index contributed by atoms with van der Waals surface area (Å²) in [5, 5.41) is 3.72. The Hall–Kier alpha value is -1.78. The highest BCUT2D eigenvalue weighted by Gasteiger charge is 2.30. The van der Waals surface area contributed by atoms with Gasteiger partial charge in [-0.1, -0.05) is 17.7 Å². The lowest BCUT2D eigenvalue weighted by Crippen LogP contribution is -2.40. The number of carbonyl (C=O) groups excluding carboxylic acids is 1. The molecule has 0 aromatic heterocycles. The van der Waals surface area contributed by atoms with E-state index in [0.29, 0.717) is 23.8 Å². The van der Waals surface area contributed by atoms with Gasteiger partial charge in [-0.3, -0.25) is 4.79 Å². The van der Waals surface area contributed by atoms with Crippen LogP contribution in [0.5, 0.6) is 5.75 Å². The third-order valence-electron chi connectivity index (χ3n) is 5.53. The van der Waals surface area contributed by atoms with E-state index in [0.717, 1.165) is 22.6 Å². The van der Waals surface area contributed by atoms with E-state index in [2.05, 4.69) is 5.32 Å². The molecule has 4 rings (SSSR count). The Bertz CT molecular complexity index is 1100. The second-order valence-electron chi connectivity index (χ2n) is 7.62. The van der Waals surface area contributed by atoms with Crippen molar-refractivity contribution in [3.05, 3.63) is 52.5 Å². The van der Waals surface area contributed by atoms with E-state index >= 15 is 0 Å². The number of morpholine rings is 1. The molecule has 0 aliphatic carbocycles. The molecule has 1 unspecified atom stereocenters. The van der Waals surface area contributed by atoms with Crippen molar-refractivity contribution < 1.29 is 22.7 Å². The van der Waals surface area contributed by atoms with Gasteiger partial charge >= 0.3 is 0 Å². The summed E-state index contributed by atoms with van der Waals surface area (Å²) in [6.07, 6.45) is 0.873. The van der Waals surface area contributed by atoms with Crippen molar-refractivity contribution >= 4 is 39.3 Å². The Morgan fingerprint density at radius 1 is 1.25 bits per heavy atom. The van der Waals surface area contributed by atoms with Gasteiger partial charge in [-0.2, -0.15) is 4.31 Å². The third kappa shape index (κ3) is 5.07. The number of rotatable bonds is 6. The van der Waals surface area contributed by atoms with Crippen molar-refractivity contribution in [2.75, 3.05) is 39.2 Å². The van der Waals surface area contributed by atoms with Gasteiger partial charge in [0.2, 0.25) is 15.9 Å². The van der Waals surface area contributed by atoms with Crippen LogP contribution in [0.3, 0.4) is 0 Å². The first kappa shape index (κ1) is 23.4. The molecule has 2 aliphatic rings. The van der Waals surface area contributed by atoms with Gasteiger partial charge in [-0.05, 0) is 47.9 Å². The number of amides is 1. The minimum absolute atomic E-state index is 0.0647. The number of hydrogen-bond acceptors (Lipinski definition) is 6. The van der Waals surface area contributed by atoms with Crippen molar-refractivity contribution in [2.24, 2.45) is 0 Å². The maximum atomic E-state index is 13.2. The lowest BCUT2D eigenvalue weighted by molar-refractivity contribution is -0.121. The van der Waals surface area contributed by atoms with E-state index < -0.39 is 10.0 Å². The first-order valence-electron chi connectivity index (χ1n) is 10.3. The third-order valence-corrected chi connectivity index (χ3v) is 8.80. The summed E-state index contributed by atoms with van der Waals surface area (Å²) in [7, 11) is -2.32. The molecule has 2 aromatic rings. The summed E-state index contributed by atoms with van der Waals surface area (Å²) in [4.78, 5) is 14.0. The van der Waals surface area contributed by atoms with Crippen molar-refractivity contribution in [2.45, 2.75) is 28.7 Å². The highest BCUT2D eigenvalue weighted by atomic mass is 35.5. The normalized spacial score (nSPS) is 19.2. The zero-order valence-electron chi connectivity index (χ0n) is 17.7. The molecule has 7 nitrogen and oxygen atoms in total. The summed E-state index contributed by atoms with van der Waals surface area (Å²) < 4.78 is 38.3. The number of ether oxygens (including phenoxy) is 2. The molecule has 2 heterocycles. The van der Waals surface area contributed by atoms with Gasteiger partial charge in [0.25, 0.3) is 0 Å². The molecule has 1 saturated heterocycles. The molecular formula is C22H25ClN2O5S2. The molecule has 0 radical (unpaired) electrons. The molecule has 1 fully saturated rings. The van der Waals surface area contributed by atoms with Crippen LogP contribution in [-0.4, -0.2) is 57.8 Å². The van der Waals surface area contributed by atoms with Gasteiger partial charge in [0.15, 0.2) is 0 Å². The lowest BCUT2D eigenvalue weighted by Gasteiger charge is -2.27. The molecule has 1 N–H and O–H groups in total. The van der Waals surface area contributed by atoms with Crippen LogP contribution < -0.4 is 10.1 Å². The molecule has 10 heteroatoms. The fourth-order valence-corrected chi connectivity index (χ4v) is 6.80. The van der Waals surface area contributed by atoms with Crippen LogP contribution >= 0.6 is 23.4 Å². The van der Waals surface area contributed by atoms with Gasteiger partial charge < -0.3 is 14.8 Å². The first-order chi connectivity index (χ1) is 15.4. The van der Waals surface area contributed by atoms with E-state index in [1.807, 2.05) is 18.2 Å². The number of nitrogens with zero attached hydrogens (tertiary/aromatic N) is 1. The fourth-order valence-electron chi connectivity index (χ4n) is 3.90. The smallest absolute Gasteiger partial charge is 0.246 e. The highest BCUT2D eigenvalue weighted by Crippen LogP contribution is 2.37.